The zero-order chi connectivity index (χ0) is 22.9. The van der Waals surface area contributed by atoms with Crippen molar-refractivity contribution >= 4 is 21.6 Å². The van der Waals surface area contributed by atoms with Crippen molar-refractivity contribution in [2.75, 3.05) is 37.6 Å². The van der Waals surface area contributed by atoms with E-state index in [1.54, 1.807) is 22.5 Å². The summed E-state index contributed by atoms with van der Waals surface area (Å²) in [5.74, 6) is -0.0873. The Hall–Kier alpha value is -2.38. The number of rotatable bonds is 4. The standard InChI is InChI=1S/C25H33N3O3S/c1-19-11-12-22(32(30,31)28-13-7-6-9-21(28)3)18-23(19)25(29)27-16-14-26(15-17-27)24-10-5-4-8-20(24)2/h4-5,8,10-12,18,21H,6-7,9,13-17H2,1-3H3. The summed E-state index contributed by atoms with van der Waals surface area (Å²) >= 11 is 0. The molecule has 0 aliphatic carbocycles. The van der Waals surface area contributed by atoms with Gasteiger partial charge in [0, 0.05) is 50.0 Å². The number of nitrogens with zero attached hydrogens (tertiary/aromatic N) is 3. The van der Waals surface area contributed by atoms with Gasteiger partial charge in [-0.05, 0) is 62.9 Å². The molecule has 0 bridgehead atoms. The molecule has 0 radical (unpaired) electrons. The Morgan fingerprint density at radius 2 is 1.62 bits per heavy atom. The number of aryl methyl sites for hydroxylation is 2. The Morgan fingerprint density at radius 3 is 2.31 bits per heavy atom. The van der Waals surface area contributed by atoms with Crippen LogP contribution in [0.15, 0.2) is 47.4 Å². The lowest BCUT2D eigenvalue weighted by atomic mass is 10.1. The first-order chi connectivity index (χ1) is 15.3. The summed E-state index contributed by atoms with van der Waals surface area (Å²) in [6, 6.07) is 13.3. The van der Waals surface area contributed by atoms with Gasteiger partial charge in [0.2, 0.25) is 10.0 Å². The molecule has 2 saturated heterocycles. The number of hydrogen-bond donors (Lipinski definition) is 0. The van der Waals surface area contributed by atoms with Crippen molar-refractivity contribution in [3.8, 4) is 0 Å². The minimum absolute atomic E-state index is 0.0104. The second-order valence-corrected chi connectivity index (χ2v) is 10.9. The molecule has 0 spiro atoms. The Kier molecular flexibility index (Phi) is 6.58. The predicted octanol–water partition coefficient (Wildman–Crippen LogP) is 3.83. The smallest absolute Gasteiger partial charge is 0.254 e. The molecule has 2 aromatic carbocycles. The maximum absolute atomic E-state index is 13.3. The first kappa shape index (κ1) is 22.8. The summed E-state index contributed by atoms with van der Waals surface area (Å²) in [6.07, 6.45) is 2.81. The number of carbonyl (C=O) groups excluding carboxylic acids is 1. The van der Waals surface area contributed by atoms with Crippen molar-refractivity contribution in [1.29, 1.82) is 0 Å². The monoisotopic (exact) mass is 455 g/mol. The number of piperazine rings is 1. The third kappa shape index (κ3) is 4.41. The van der Waals surface area contributed by atoms with Crippen molar-refractivity contribution in [2.24, 2.45) is 0 Å². The molecule has 1 unspecified atom stereocenters. The molecule has 7 heteroatoms. The Labute approximate surface area is 191 Å². The molecule has 1 atom stereocenters. The minimum atomic E-state index is -3.61. The van der Waals surface area contributed by atoms with Crippen molar-refractivity contribution < 1.29 is 13.2 Å². The first-order valence-corrected chi connectivity index (χ1v) is 13.0. The maximum atomic E-state index is 13.3. The van der Waals surface area contributed by atoms with Gasteiger partial charge in [-0.1, -0.05) is 30.7 Å². The van der Waals surface area contributed by atoms with Gasteiger partial charge in [0.1, 0.15) is 0 Å². The number of sulfonamides is 1. The highest BCUT2D eigenvalue weighted by Gasteiger charge is 2.32. The Morgan fingerprint density at radius 1 is 0.906 bits per heavy atom. The molecule has 0 saturated carbocycles. The molecular weight excluding hydrogens is 422 g/mol. The molecule has 0 aromatic heterocycles. The van der Waals surface area contributed by atoms with Gasteiger partial charge in [0.15, 0.2) is 0 Å². The SMILES string of the molecule is Cc1ccc(S(=O)(=O)N2CCCCC2C)cc1C(=O)N1CCN(c2ccccc2C)CC1. The summed E-state index contributed by atoms with van der Waals surface area (Å²) in [5, 5.41) is 0. The zero-order valence-electron chi connectivity index (χ0n) is 19.3. The summed E-state index contributed by atoms with van der Waals surface area (Å²) in [5.41, 5.74) is 3.73. The molecule has 172 valence electrons. The summed E-state index contributed by atoms with van der Waals surface area (Å²) < 4.78 is 28.2. The molecule has 0 N–H and O–H groups in total. The van der Waals surface area contributed by atoms with Gasteiger partial charge >= 0.3 is 0 Å². The molecule has 2 fully saturated rings. The average Bonchev–Trinajstić information content (AvgIpc) is 2.79. The van der Waals surface area contributed by atoms with Crippen molar-refractivity contribution in [3.63, 3.8) is 0 Å². The van der Waals surface area contributed by atoms with Gasteiger partial charge in [-0.2, -0.15) is 4.31 Å². The fourth-order valence-electron chi connectivity index (χ4n) is 4.80. The third-order valence-electron chi connectivity index (χ3n) is 6.81. The summed E-state index contributed by atoms with van der Waals surface area (Å²) in [7, 11) is -3.61. The van der Waals surface area contributed by atoms with E-state index in [1.165, 1.54) is 11.3 Å². The molecule has 6 nitrogen and oxygen atoms in total. The first-order valence-electron chi connectivity index (χ1n) is 11.5. The van der Waals surface area contributed by atoms with Gasteiger partial charge < -0.3 is 9.80 Å². The molecule has 4 rings (SSSR count). The van der Waals surface area contributed by atoms with E-state index in [0.29, 0.717) is 25.2 Å². The van der Waals surface area contributed by atoms with E-state index in [4.69, 9.17) is 0 Å². The largest absolute Gasteiger partial charge is 0.368 e. The number of amides is 1. The van der Waals surface area contributed by atoms with Crippen LogP contribution in [-0.4, -0.2) is 62.3 Å². The van der Waals surface area contributed by atoms with Crippen molar-refractivity contribution in [3.05, 3.63) is 59.2 Å². The fraction of sp³-hybridized carbons (Fsp3) is 0.480. The van der Waals surface area contributed by atoms with Crippen LogP contribution >= 0.6 is 0 Å². The maximum Gasteiger partial charge on any atom is 0.254 e. The predicted molar refractivity (Wildman–Crippen MR) is 128 cm³/mol. The minimum Gasteiger partial charge on any atom is -0.368 e. The van der Waals surface area contributed by atoms with E-state index in [1.807, 2.05) is 30.9 Å². The Balaban J connectivity index is 1.52. The van der Waals surface area contributed by atoms with Gasteiger partial charge in [-0.15, -0.1) is 0 Å². The Bertz CT molecular complexity index is 1090. The summed E-state index contributed by atoms with van der Waals surface area (Å²) in [6.45, 7) is 9.24. The van der Waals surface area contributed by atoms with E-state index >= 15 is 0 Å². The third-order valence-corrected chi connectivity index (χ3v) is 8.82. The van der Waals surface area contributed by atoms with E-state index in [2.05, 4.69) is 24.0 Å². The number of para-hydroxylation sites is 1. The van der Waals surface area contributed by atoms with Gasteiger partial charge in [-0.3, -0.25) is 4.79 Å². The van der Waals surface area contributed by atoms with Crippen LogP contribution in [0.25, 0.3) is 0 Å². The molecule has 2 aliphatic rings. The molecule has 2 heterocycles. The van der Waals surface area contributed by atoms with E-state index < -0.39 is 10.0 Å². The van der Waals surface area contributed by atoms with Crippen molar-refractivity contribution in [1.82, 2.24) is 9.21 Å². The van der Waals surface area contributed by atoms with Crippen LogP contribution in [0.4, 0.5) is 5.69 Å². The normalized spacial score (nSPS) is 20.4. The number of hydrogen-bond acceptors (Lipinski definition) is 4. The molecule has 1 amide bonds. The second-order valence-electron chi connectivity index (χ2n) is 9.00. The van der Waals surface area contributed by atoms with Crippen LogP contribution in [-0.2, 0) is 10.0 Å². The highest BCUT2D eigenvalue weighted by atomic mass is 32.2. The fourth-order valence-corrected chi connectivity index (χ4v) is 6.52. The molecular formula is C25H33N3O3S. The van der Waals surface area contributed by atoms with E-state index in [0.717, 1.165) is 37.9 Å². The van der Waals surface area contributed by atoms with E-state index in [-0.39, 0.29) is 16.8 Å². The highest BCUT2D eigenvalue weighted by molar-refractivity contribution is 7.89. The molecule has 2 aliphatic heterocycles. The lowest BCUT2D eigenvalue weighted by molar-refractivity contribution is 0.0746. The van der Waals surface area contributed by atoms with Gasteiger partial charge in [0.25, 0.3) is 5.91 Å². The van der Waals surface area contributed by atoms with Crippen LogP contribution in [0, 0.1) is 13.8 Å². The summed E-state index contributed by atoms with van der Waals surface area (Å²) in [4.78, 5) is 17.7. The van der Waals surface area contributed by atoms with Gasteiger partial charge in [0.05, 0.1) is 4.90 Å². The number of benzene rings is 2. The van der Waals surface area contributed by atoms with Crippen LogP contribution in [0.5, 0.6) is 0 Å². The van der Waals surface area contributed by atoms with Crippen LogP contribution in [0.2, 0.25) is 0 Å². The van der Waals surface area contributed by atoms with Crippen LogP contribution in [0.3, 0.4) is 0 Å². The van der Waals surface area contributed by atoms with Gasteiger partial charge in [-0.25, -0.2) is 8.42 Å². The quantitative estimate of drug-likeness (QED) is 0.703. The van der Waals surface area contributed by atoms with Crippen LogP contribution < -0.4 is 4.90 Å². The average molecular weight is 456 g/mol. The molecule has 2 aromatic rings. The second kappa shape index (κ2) is 9.24. The zero-order valence-corrected chi connectivity index (χ0v) is 20.1. The number of carbonyl (C=O) groups is 1. The van der Waals surface area contributed by atoms with Crippen molar-refractivity contribution in [2.45, 2.75) is 51.0 Å². The van der Waals surface area contributed by atoms with Crippen LogP contribution in [0.1, 0.15) is 47.7 Å². The molecule has 32 heavy (non-hydrogen) atoms. The lowest BCUT2D eigenvalue weighted by Crippen LogP contribution is -2.49. The van der Waals surface area contributed by atoms with E-state index in [9.17, 15) is 13.2 Å². The lowest BCUT2D eigenvalue weighted by Gasteiger charge is -2.37. The number of anilines is 1. The number of piperidine rings is 1. The highest BCUT2D eigenvalue weighted by Crippen LogP contribution is 2.27. The topological polar surface area (TPSA) is 60.9 Å².